The fraction of sp³-hybridized carbons (Fsp3) is 0.545. The largest absolute Gasteiger partial charge is 0.481 e. The third-order valence-electron chi connectivity index (χ3n) is 29.5. The van der Waals surface area contributed by atoms with Gasteiger partial charge < -0.3 is 77.1 Å². The summed E-state index contributed by atoms with van der Waals surface area (Å²) >= 11 is 0. The molecular formula is C110H154N28O9. The van der Waals surface area contributed by atoms with Crippen molar-refractivity contribution in [1.29, 1.82) is 0 Å². The molecule has 20 rings (SSSR count). The van der Waals surface area contributed by atoms with Crippen molar-refractivity contribution in [3.63, 3.8) is 0 Å². The van der Waals surface area contributed by atoms with E-state index in [1.165, 1.54) is 22.3 Å². The number of alkyl carbamates (subject to hydrolysis) is 2. The number of ether oxygens (including phenoxy) is 2. The van der Waals surface area contributed by atoms with Crippen molar-refractivity contribution in [3.05, 3.63) is 165 Å². The molecule has 4 aliphatic carbocycles. The second-order valence-electron chi connectivity index (χ2n) is 43.4. The van der Waals surface area contributed by atoms with Crippen LogP contribution in [-0.4, -0.2) is 252 Å². The molecule has 4 aliphatic heterocycles. The third-order valence-corrected chi connectivity index (χ3v) is 29.5. The van der Waals surface area contributed by atoms with E-state index in [0.29, 0.717) is 38.0 Å². The number of rotatable bonds is 18. The summed E-state index contributed by atoms with van der Waals surface area (Å²) in [7, 11) is 4.21. The minimum Gasteiger partial charge on any atom is -0.481 e. The molecule has 37 heteroatoms. The smallest absolute Gasteiger partial charge is 0.407 e. The van der Waals surface area contributed by atoms with Gasteiger partial charge in [-0.3, -0.25) is 19.2 Å². The van der Waals surface area contributed by atoms with Crippen LogP contribution in [0.5, 0.6) is 0 Å². The Balaban J connectivity index is 0.000000149. The van der Waals surface area contributed by atoms with E-state index < -0.39 is 23.3 Å². The summed E-state index contributed by atoms with van der Waals surface area (Å²) in [6.45, 7) is 41.4. The zero-order valence-electron chi connectivity index (χ0n) is 87.9. The number of hydrogen-bond donors (Lipinski definition) is 8. The van der Waals surface area contributed by atoms with E-state index in [1.807, 2.05) is 94.9 Å². The zero-order valence-corrected chi connectivity index (χ0v) is 87.9. The van der Waals surface area contributed by atoms with Crippen LogP contribution in [0.2, 0.25) is 0 Å². The first kappa shape index (κ1) is 109. The van der Waals surface area contributed by atoms with Gasteiger partial charge in [-0.2, -0.15) is 40.8 Å². The number of benzene rings is 4. The molecule has 12 aromatic rings. The number of carbonyl (C=O) groups is 6. The summed E-state index contributed by atoms with van der Waals surface area (Å²) in [6.07, 6.45) is 12.3. The Morgan fingerprint density at radius 3 is 0.769 bits per heavy atom. The molecule has 8 aliphatic rings. The van der Waals surface area contributed by atoms with Crippen LogP contribution in [0.4, 0.5) is 32.9 Å². The lowest BCUT2D eigenvalue weighted by atomic mass is 9.85. The van der Waals surface area contributed by atoms with Crippen molar-refractivity contribution in [2.24, 2.45) is 35.1 Å². The second-order valence-corrected chi connectivity index (χ2v) is 43.4. The highest BCUT2D eigenvalue weighted by molar-refractivity contribution is 5.96. The van der Waals surface area contributed by atoms with Gasteiger partial charge in [0, 0.05) is 118 Å². The van der Waals surface area contributed by atoms with E-state index in [9.17, 15) is 33.9 Å². The maximum Gasteiger partial charge on any atom is 0.407 e. The van der Waals surface area contributed by atoms with E-state index in [0.717, 1.165) is 264 Å². The summed E-state index contributed by atoms with van der Waals surface area (Å²) in [5.41, 5.74) is 30.5. The van der Waals surface area contributed by atoms with Gasteiger partial charge in [0.25, 0.3) is 0 Å². The quantitative estimate of drug-likeness (QED) is 0.0395. The lowest BCUT2D eigenvalue weighted by Crippen LogP contribution is -2.55. The molecule has 0 unspecified atom stereocenters. The van der Waals surface area contributed by atoms with E-state index in [4.69, 9.17) is 41.3 Å². The lowest BCUT2D eigenvalue weighted by molar-refractivity contribution is -0.142. The van der Waals surface area contributed by atoms with Crippen LogP contribution in [0.3, 0.4) is 0 Å². The van der Waals surface area contributed by atoms with Crippen LogP contribution < -0.4 is 57.7 Å². The Morgan fingerprint density at radius 2 is 0.544 bits per heavy atom. The van der Waals surface area contributed by atoms with E-state index in [2.05, 4.69) is 251 Å². The summed E-state index contributed by atoms with van der Waals surface area (Å²) in [5.74, 6) is 2.70. The van der Waals surface area contributed by atoms with Crippen LogP contribution in [0.15, 0.2) is 97.1 Å². The molecular weight excluding hydrogens is 1860 g/mol. The molecule has 788 valence electrons. The number of aliphatic carboxylic acids is 1. The molecule has 8 fully saturated rings. The SMILES string of the molecule is C.C.CC(C)(C)OC(=O)NC1CC(N)C1.Cc1ccc(-n2nc3c(N4CCC(C(=O)NC5CC(N(C)C)C5)CC4)nnc(C)c3c2C)cc1.Cc1ccc(-n2nc3c(N4CCC(C(=O)NC5CC(N)C5)CC4)nnc(C)c3c2C)cc1.Cc1ccc(-n2nc3c(N4CCC(C(=O)NC5CC(NC(=O)OC(C)(C)C)C5)CC4)nnc(C)c3c2C)cc1.Cc1ccc(-n2nc3c(N4CCC(C(=O)O)CC4)nnc(C)c3c2C)cc1. The normalized spacial score (nSPS) is 20.2. The van der Waals surface area contributed by atoms with Crippen molar-refractivity contribution in [2.75, 3.05) is 86.1 Å². The first-order valence-corrected chi connectivity index (χ1v) is 51.5. The van der Waals surface area contributed by atoms with Crippen molar-refractivity contribution >= 4 is 103 Å². The van der Waals surface area contributed by atoms with Gasteiger partial charge in [-0.1, -0.05) is 85.6 Å². The molecule has 0 bridgehead atoms. The number of nitrogens with two attached hydrogens (primary N) is 2. The van der Waals surface area contributed by atoms with Crippen LogP contribution in [0.25, 0.3) is 66.4 Å². The molecule has 5 amide bonds. The molecule has 0 spiro atoms. The van der Waals surface area contributed by atoms with Gasteiger partial charge in [0.2, 0.25) is 17.7 Å². The number of nitrogens with zero attached hydrogens (tertiary/aromatic N) is 21. The van der Waals surface area contributed by atoms with Gasteiger partial charge in [-0.15, -0.1) is 20.4 Å². The van der Waals surface area contributed by atoms with Crippen molar-refractivity contribution in [2.45, 2.75) is 302 Å². The van der Waals surface area contributed by atoms with Gasteiger partial charge in [0.1, 0.15) is 33.3 Å². The molecule has 10 N–H and O–H groups in total. The highest BCUT2D eigenvalue weighted by Gasteiger charge is 2.41. The fourth-order valence-electron chi connectivity index (χ4n) is 20.7. The number of fused-ring (bicyclic) bond motifs is 4. The maximum absolute atomic E-state index is 13.0. The van der Waals surface area contributed by atoms with Gasteiger partial charge in [-0.25, -0.2) is 28.3 Å². The van der Waals surface area contributed by atoms with Crippen LogP contribution in [0.1, 0.15) is 227 Å². The van der Waals surface area contributed by atoms with Crippen molar-refractivity contribution in [1.82, 2.24) is 111 Å². The van der Waals surface area contributed by atoms with Gasteiger partial charge in [0.05, 0.1) is 95.8 Å². The molecule has 8 aromatic heterocycles. The van der Waals surface area contributed by atoms with Crippen molar-refractivity contribution < 1.29 is 43.3 Å². The highest BCUT2D eigenvalue weighted by Crippen LogP contribution is 2.40. The van der Waals surface area contributed by atoms with Crippen molar-refractivity contribution in [3.8, 4) is 22.7 Å². The maximum atomic E-state index is 13.0. The predicted molar refractivity (Wildman–Crippen MR) is 577 cm³/mol. The highest BCUT2D eigenvalue weighted by atomic mass is 16.6. The van der Waals surface area contributed by atoms with Gasteiger partial charge in [0.15, 0.2) is 23.3 Å². The van der Waals surface area contributed by atoms with E-state index in [1.54, 1.807) is 0 Å². The molecule has 37 nitrogen and oxygen atoms in total. The predicted octanol–water partition coefficient (Wildman–Crippen LogP) is 15.2. The first-order valence-electron chi connectivity index (χ1n) is 51.5. The Bertz CT molecular complexity index is 6630. The molecule has 12 heterocycles. The minimum absolute atomic E-state index is 0. The number of carboxylic acids is 1. The van der Waals surface area contributed by atoms with Crippen LogP contribution in [-0.2, 0) is 28.7 Å². The topological polar surface area (TPSA) is 444 Å². The molecule has 0 radical (unpaired) electrons. The summed E-state index contributed by atoms with van der Waals surface area (Å²) in [5, 5.41) is 84.1. The van der Waals surface area contributed by atoms with E-state index >= 15 is 0 Å². The molecule has 4 aromatic carbocycles. The number of anilines is 4. The minimum atomic E-state index is -0.714. The molecule has 4 saturated carbocycles. The third kappa shape index (κ3) is 25.7. The van der Waals surface area contributed by atoms with E-state index in [-0.39, 0.29) is 98.6 Å². The standard InChI is InChI=1S/C29H39N7O3.C26H35N7O.C24H31N7O.C20H23N5O2.C9H18N2O2.2CH4/c1-17-7-9-23(10-8-17)36-19(3)24-18(2)32-33-26(25(24)34-36)35-13-11-20(12-14-35)27(37)30-21-15-22(16-21)31-28(38)39-29(4,5)6;1-16-6-8-21(9-7-16)33-18(3)23-17(2)28-29-25(24(23)30-33)32-12-10-19(11-13-32)26(34)27-20-14-22(15-20)31(4)5;1-14-4-6-20(7-5-14)31-16(3)21-15(2)27-28-23(22(21)29-31)30-10-8-17(9-11-30)24(32)26-19-12-18(25)13-19;1-12-4-6-16(7-5-12)25-14(3)17-13(2)21-22-19(18(17)23-25)24-10-8-15(9-11-24)20(26)27;1-9(2,3)13-8(12)11-7-4-6(10)5-7;;/h7-10,20-22H,11-16H2,1-6H3,(H,30,37)(H,31,38);6-9,19-20,22H,10-15H2,1-5H3,(H,27,34);4-7,17-19H,8-13,25H2,1-3H3,(H,26,32);4-7,15H,8-11H2,1-3H3,(H,26,27);6-7H,4-5,10H2,1-3H3,(H,11,12);2*1H4. The summed E-state index contributed by atoms with van der Waals surface area (Å²) < 4.78 is 18.3. The zero-order chi connectivity index (χ0) is 103. The summed E-state index contributed by atoms with van der Waals surface area (Å²) in [6, 6.07) is 35.4. The monoisotopic (exact) mass is 2010 g/mol. The molecule has 0 atom stereocenters. The number of hydrogen-bond acceptors (Lipinski definition) is 27. The Morgan fingerprint density at radius 1 is 0.327 bits per heavy atom. The Labute approximate surface area is 863 Å². The van der Waals surface area contributed by atoms with Gasteiger partial charge >= 0.3 is 18.2 Å². The lowest BCUT2D eigenvalue weighted by Gasteiger charge is -2.41. The van der Waals surface area contributed by atoms with Crippen LogP contribution >= 0.6 is 0 Å². The number of aryl methyl sites for hydroxylation is 12. The van der Waals surface area contributed by atoms with Gasteiger partial charge in [-0.05, 0) is 290 Å². The second kappa shape index (κ2) is 46.3. The molecule has 147 heavy (non-hydrogen) atoms. The fourth-order valence-corrected chi connectivity index (χ4v) is 20.7. The Kier molecular flexibility index (Phi) is 34.4. The average molecular weight is 2010 g/mol. The number of amides is 5. The summed E-state index contributed by atoms with van der Waals surface area (Å²) in [4.78, 5) is 83.8. The average Bonchev–Trinajstić information content (AvgIpc) is 1.62. The number of aromatic nitrogens is 16. The number of carbonyl (C=O) groups excluding carboxylic acids is 5. The number of nitrogens with one attached hydrogen (secondary N) is 5. The first-order chi connectivity index (χ1) is 69.0. The number of carboxylic acid groups (broad SMARTS) is 1. The number of piperidine rings is 4. The van der Waals surface area contributed by atoms with Crippen LogP contribution in [0, 0.1) is 107 Å². The Hall–Kier alpha value is -13.4. The molecule has 4 saturated heterocycles.